The number of nitrogens with one attached hydrogen (secondary N) is 2. The van der Waals surface area contributed by atoms with Gasteiger partial charge in [-0.05, 0) is 12.1 Å². The molecule has 0 spiro atoms. The van der Waals surface area contributed by atoms with E-state index >= 15 is 0 Å². The van der Waals surface area contributed by atoms with Gasteiger partial charge in [-0.25, -0.2) is 18.0 Å². The topological polar surface area (TPSA) is 120 Å². The third kappa shape index (κ3) is 5.80. The van der Waals surface area contributed by atoms with Crippen LogP contribution in [0.15, 0.2) is 30.0 Å². The van der Waals surface area contributed by atoms with Gasteiger partial charge < -0.3 is 19.5 Å². The van der Waals surface area contributed by atoms with Crippen LogP contribution in [0.2, 0.25) is 0 Å². The average molecular weight is 358 g/mol. The molecule has 1 aromatic rings. The molecule has 0 fully saturated rings. The fourth-order valence-electron chi connectivity index (χ4n) is 1.62. The molecule has 0 aliphatic heterocycles. The van der Waals surface area contributed by atoms with Crippen molar-refractivity contribution in [1.82, 2.24) is 0 Å². The SMILES string of the molecule is COC(=O)/C=C(/Nc1cc(OC)ccc1NS(C)(=O)=O)C(=O)OC. The summed E-state index contributed by atoms with van der Waals surface area (Å²) in [4.78, 5) is 23.2. The number of benzene rings is 1. The highest BCUT2D eigenvalue weighted by Gasteiger charge is 2.16. The molecule has 0 bridgehead atoms. The second kappa shape index (κ2) is 8.20. The number of esters is 2. The molecule has 9 nitrogen and oxygen atoms in total. The molecule has 0 atom stereocenters. The van der Waals surface area contributed by atoms with E-state index in [2.05, 4.69) is 19.5 Å². The van der Waals surface area contributed by atoms with Crippen LogP contribution in [0, 0.1) is 0 Å². The quantitative estimate of drug-likeness (QED) is 0.540. The zero-order valence-corrected chi connectivity index (χ0v) is 14.4. The van der Waals surface area contributed by atoms with E-state index in [9.17, 15) is 18.0 Å². The third-order valence-corrected chi connectivity index (χ3v) is 3.25. The van der Waals surface area contributed by atoms with E-state index in [1.165, 1.54) is 25.3 Å². The van der Waals surface area contributed by atoms with E-state index in [0.717, 1.165) is 26.6 Å². The van der Waals surface area contributed by atoms with Crippen molar-refractivity contribution in [3.8, 4) is 5.75 Å². The summed E-state index contributed by atoms with van der Waals surface area (Å²) in [6.45, 7) is 0. The maximum Gasteiger partial charge on any atom is 0.354 e. The van der Waals surface area contributed by atoms with Crippen molar-refractivity contribution in [3.63, 3.8) is 0 Å². The van der Waals surface area contributed by atoms with Crippen molar-refractivity contribution in [2.45, 2.75) is 0 Å². The Kier molecular flexibility index (Phi) is 6.59. The van der Waals surface area contributed by atoms with E-state index in [0.29, 0.717) is 5.75 Å². The van der Waals surface area contributed by atoms with Gasteiger partial charge in [0, 0.05) is 6.07 Å². The standard InChI is InChI=1S/C14H18N2O7S/c1-21-9-5-6-10(16-24(4,19)20)11(7-9)15-12(14(18)23-3)8-13(17)22-2/h5-8,15-16H,1-4H3/b12-8+. The first-order chi connectivity index (χ1) is 11.2. The lowest BCUT2D eigenvalue weighted by Gasteiger charge is -2.15. The molecule has 0 saturated heterocycles. The van der Waals surface area contributed by atoms with E-state index in [1.807, 2.05) is 0 Å². The van der Waals surface area contributed by atoms with Gasteiger partial charge >= 0.3 is 11.9 Å². The van der Waals surface area contributed by atoms with Crippen LogP contribution in [0.1, 0.15) is 0 Å². The molecule has 1 rings (SSSR count). The molecule has 0 aromatic heterocycles. The fourth-order valence-corrected chi connectivity index (χ4v) is 2.20. The van der Waals surface area contributed by atoms with Crippen LogP contribution in [0.4, 0.5) is 11.4 Å². The monoisotopic (exact) mass is 358 g/mol. The molecule has 2 N–H and O–H groups in total. The van der Waals surface area contributed by atoms with Gasteiger partial charge in [-0.2, -0.15) is 0 Å². The summed E-state index contributed by atoms with van der Waals surface area (Å²) in [6.07, 6.45) is 1.86. The molecule has 0 radical (unpaired) electrons. The molecule has 0 aliphatic rings. The molecular formula is C14H18N2O7S. The number of rotatable bonds is 7. The molecule has 0 amide bonds. The molecule has 0 saturated carbocycles. The highest BCUT2D eigenvalue weighted by Crippen LogP contribution is 2.29. The molecule has 0 unspecified atom stereocenters. The molecule has 0 aliphatic carbocycles. The van der Waals surface area contributed by atoms with Crippen molar-refractivity contribution >= 4 is 33.3 Å². The first-order valence-corrected chi connectivity index (χ1v) is 8.40. The highest BCUT2D eigenvalue weighted by molar-refractivity contribution is 7.92. The van der Waals surface area contributed by atoms with Crippen molar-refractivity contribution in [2.75, 3.05) is 37.6 Å². The second-order valence-electron chi connectivity index (χ2n) is 4.48. The van der Waals surface area contributed by atoms with Crippen LogP contribution >= 0.6 is 0 Å². The smallest absolute Gasteiger partial charge is 0.354 e. The zero-order valence-electron chi connectivity index (χ0n) is 13.6. The molecule has 1 aromatic carbocycles. The summed E-state index contributed by atoms with van der Waals surface area (Å²) in [5.41, 5.74) is 0.0902. The van der Waals surface area contributed by atoms with Crippen LogP contribution in [0.5, 0.6) is 5.75 Å². The number of carbonyl (C=O) groups excluding carboxylic acids is 2. The molecular weight excluding hydrogens is 340 g/mol. The van der Waals surface area contributed by atoms with Crippen molar-refractivity contribution < 1.29 is 32.2 Å². The summed E-state index contributed by atoms with van der Waals surface area (Å²) in [5, 5.41) is 2.64. The maximum absolute atomic E-state index is 11.8. The van der Waals surface area contributed by atoms with Gasteiger partial charge in [-0.1, -0.05) is 0 Å². The van der Waals surface area contributed by atoms with E-state index in [1.54, 1.807) is 0 Å². The molecule has 24 heavy (non-hydrogen) atoms. The average Bonchev–Trinajstić information content (AvgIpc) is 2.53. The Morgan fingerprint density at radius 1 is 1.08 bits per heavy atom. The van der Waals surface area contributed by atoms with Gasteiger partial charge in [0.2, 0.25) is 10.0 Å². The number of ether oxygens (including phenoxy) is 3. The van der Waals surface area contributed by atoms with Crippen LogP contribution in [0.25, 0.3) is 0 Å². The highest BCUT2D eigenvalue weighted by atomic mass is 32.2. The Labute approximate surface area is 139 Å². The predicted octanol–water partition coefficient (Wildman–Crippen LogP) is 0.708. The number of hydrogen-bond acceptors (Lipinski definition) is 8. The Morgan fingerprint density at radius 3 is 2.25 bits per heavy atom. The fraction of sp³-hybridized carbons (Fsp3) is 0.286. The van der Waals surface area contributed by atoms with Crippen LogP contribution < -0.4 is 14.8 Å². The number of sulfonamides is 1. The van der Waals surface area contributed by atoms with Crippen LogP contribution in [0.3, 0.4) is 0 Å². The van der Waals surface area contributed by atoms with E-state index < -0.39 is 22.0 Å². The van der Waals surface area contributed by atoms with Crippen molar-refractivity contribution in [1.29, 1.82) is 0 Å². The normalized spacial score (nSPS) is 11.4. The lowest BCUT2D eigenvalue weighted by Crippen LogP contribution is -2.17. The summed E-state index contributed by atoms with van der Waals surface area (Å²) in [5.74, 6) is -1.23. The Bertz CT molecular complexity index is 756. The molecule has 132 valence electrons. The lowest BCUT2D eigenvalue weighted by molar-refractivity contribution is -0.138. The summed E-state index contributed by atoms with van der Waals surface area (Å²) in [6, 6.07) is 4.41. The maximum atomic E-state index is 11.8. The summed E-state index contributed by atoms with van der Waals surface area (Å²) < 4.78 is 39.3. The number of carbonyl (C=O) groups is 2. The van der Waals surface area contributed by atoms with E-state index in [4.69, 9.17) is 4.74 Å². The zero-order chi connectivity index (χ0) is 18.3. The Hall–Kier alpha value is -2.75. The van der Waals surface area contributed by atoms with Crippen LogP contribution in [-0.4, -0.2) is 47.9 Å². The summed E-state index contributed by atoms with van der Waals surface area (Å²) in [7, 11) is 0.142. The Morgan fingerprint density at radius 2 is 1.75 bits per heavy atom. The number of hydrogen-bond donors (Lipinski definition) is 2. The van der Waals surface area contributed by atoms with Crippen molar-refractivity contribution in [3.05, 3.63) is 30.0 Å². The minimum absolute atomic E-state index is 0.151. The van der Waals surface area contributed by atoms with Crippen LogP contribution in [-0.2, 0) is 29.1 Å². The van der Waals surface area contributed by atoms with Gasteiger partial charge in [0.1, 0.15) is 11.4 Å². The van der Waals surface area contributed by atoms with Crippen molar-refractivity contribution in [2.24, 2.45) is 0 Å². The van der Waals surface area contributed by atoms with Gasteiger partial charge in [0.25, 0.3) is 0 Å². The first kappa shape index (κ1) is 19.3. The summed E-state index contributed by atoms with van der Waals surface area (Å²) >= 11 is 0. The second-order valence-corrected chi connectivity index (χ2v) is 6.23. The molecule has 10 heteroatoms. The van der Waals surface area contributed by atoms with Gasteiger partial charge in [-0.3, -0.25) is 4.72 Å². The van der Waals surface area contributed by atoms with Gasteiger partial charge in [-0.15, -0.1) is 0 Å². The van der Waals surface area contributed by atoms with Gasteiger partial charge in [0.05, 0.1) is 45.0 Å². The van der Waals surface area contributed by atoms with Gasteiger partial charge in [0.15, 0.2) is 0 Å². The minimum atomic E-state index is -3.57. The largest absolute Gasteiger partial charge is 0.497 e. The lowest BCUT2D eigenvalue weighted by atomic mass is 10.2. The first-order valence-electron chi connectivity index (χ1n) is 6.51. The minimum Gasteiger partial charge on any atom is -0.497 e. The predicted molar refractivity (Wildman–Crippen MR) is 87.2 cm³/mol. The molecule has 0 heterocycles. The number of methoxy groups -OCH3 is 3. The third-order valence-electron chi connectivity index (χ3n) is 2.66. The van der Waals surface area contributed by atoms with E-state index in [-0.39, 0.29) is 17.1 Å². The Balaban J connectivity index is 3.32. The number of anilines is 2.